The molecular weight excluding hydrogens is 238 g/mol. The van der Waals surface area contributed by atoms with E-state index in [9.17, 15) is 0 Å². The summed E-state index contributed by atoms with van der Waals surface area (Å²) in [6, 6.07) is 8.64. The van der Waals surface area contributed by atoms with Gasteiger partial charge in [-0.05, 0) is 56.0 Å². The fourth-order valence-electron chi connectivity index (χ4n) is 2.02. The lowest BCUT2D eigenvalue weighted by molar-refractivity contribution is 0.533. The Morgan fingerprint density at radius 1 is 1.43 bits per heavy atom. The summed E-state index contributed by atoms with van der Waals surface area (Å²) in [7, 11) is 0. The lowest BCUT2D eigenvalue weighted by atomic mass is 9.99. The SMILES string of the molecule is Brc1cccc(CCC2CCNC2)c1. The van der Waals surface area contributed by atoms with Crippen molar-refractivity contribution in [1.29, 1.82) is 0 Å². The van der Waals surface area contributed by atoms with Crippen LogP contribution in [0, 0.1) is 5.92 Å². The van der Waals surface area contributed by atoms with Crippen LogP contribution < -0.4 is 5.32 Å². The van der Waals surface area contributed by atoms with E-state index >= 15 is 0 Å². The van der Waals surface area contributed by atoms with Crippen molar-refractivity contribution in [3.8, 4) is 0 Å². The summed E-state index contributed by atoms with van der Waals surface area (Å²) in [6.07, 6.45) is 3.89. The number of nitrogens with one attached hydrogen (secondary N) is 1. The molecule has 1 aromatic rings. The highest BCUT2D eigenvalue weighted by Gasteiger charge is 2.13. The summed E-state index contributed by atoms with van der Waals surface area (Å²) in [4.78, 5) is 0. The Hall–Kier alpha value is -0.340. The maximum Gasteiger partial charge on any atom is 0.0177 e. The van der Waals surface area contributed by atoms with E-state index in [0.717, 1.165) is 5.92 Å². The summed E-state index contributed by atoms with van der Waals surface area (Å²) in [6.45, 7) is 2.43. The van der Waals surface area contributed by atoms with Gasteiger partial charge in [-0.15, -0.1) is 0 Å². The number of hydrogen-bond acceptors (Lipinski definition) is 1. The fourth-order valence-corrected chi connectivity index (χ4v) is 2.47. The van der Waals surface area contributed by atoms with Crippen molar-refractivity contribution in [3.05, 3.63) is 34.3 Å². The van der Waals surface area contributed by atoms with Crippen LogP contribution in [-0.4, -0.2) is 13.1 Å². The van der Waals surface area contributed by atoms with Gasteiger partial charge < -0.3 is 5.32 Å². The number of rotatable bonds is 3. The molecule has 0 radical (unpaired) electrons. The van der Waals surface area contributed by atoms with Crippen LogP contribution in [0.3, 0.4) is 0 Å². The Kier molecular flexibility index (Phi) is 3.60. The van der Waals surface area contributed by atoms with Gasteiger partial charge in [-0.1, -0.05) is 28.1 Å². The number of halogens is 1. The predicted molar refractivity (Wildman–Crippen MR) is 63.4 cm³/mol. The third-order valence-electron chi connectivity index (χ3n) is 2.89. The zero-order valence-corrected chi connectivity index (χ0v) is 9.89. The largest absolute Gasteiger partial charge is 0.316 e. The van der Waals surface area contributed by atoms with Gasteiger partial charge in [-0.25, -0.2) is 0 Å². The summed E-state index contributed by atoms with van der Waals surface area (Å²) < 4.78 is 1.19. The van der Waals surface area contributed by atoms with Crippen LogP contribution in [0.4, 0.5) is 0 Å². The van der Waals surface area contributed by atoms with Crippen LogP contribution in [0.5, 0.6) is 0 Å². The summed E-state index contributed by atoms with van der Waals surface area (Å²) in [5, 5.41) is 3.41. The van der Waals surface area contributed by atoms with Gasteiger partial charge in [0.1, 0.15) is 0 Å². The van der Waals surface area contributed by atoms with Crippen LogP contribution in [0.2, 0.25) is 0 Å². The third-order valence-corrected chi connectivity index (χ3v) is 3.39. The highest BCUT2D eigenvalue weighted by Crippen LogP contribution is 2.18. The quantitative estimate of drug-likeness (QED) is 0.874. The molecule has 1 atom stereocenters. The molecule has 1 nitrogen and oxygen atoms in total. The first-order valence-corrected chi connectivity index (χ1v) is 6.09. The van der Waals surface area contributed by atoms with Crippen LogP contribution in [-0.2, 0) is 6.42 Å². The normalized spacial score (nSPS) is 21.4. The van der Waals surface area contributed by atoms with Crippen molar-refractivity contribution in [3.63, 3.8) is 0 Å². The summed E-state index contributed by atoms with van der Waals surface area (Å²) in [5.41, 5.74) is 1.45. The second-order valence-electron chi connectivity index (χ2n) is 4.03. The molecular formula is C12H16BrN. The fraction of sp³-hybridized carbons (Fsp3) is 0.500. The van der Waals surface area contributed by atoms with Gasteiger partial charge in [0.25, 0.3) is 0 Å². The standard InChI is InChI=1S/C12H16BrN/c13-12-3-1-2-10(8-12)4-5-11-6-7-14-9-11/h1-3,8,11,14H,4-7,9H2. The van der Waals surface area contributed by atoms with Crippen LogP contribution in [0.25, 0.3) is 0 Å². The molecule has 0 aromatic heterocycles. The maximum absolute atomic E-state index is 3.50. The van der Waals surface area contributed by atoms with Gasteiger partial charge >= 0.3 is 0 Å². The van der Waals surface area contributed by atoms with Crippen molar-refractivity contribution in [2.75, 3.05) is 13.1 Å². The van der Waals surface area contributed by atoms with Gasteiger partial charge in [0, 0.05) is 4.47 Å². The molecule has 1 saturated heterocycles. The van der Waals surface area contributed by atoms with Gasteiger partial charge in [0.05, 0.1) is 0 Å². The minimum absolute atomic E-state index is 0.897. The van der Waals surface area contributed by atoms with Crippen molar-refractivity contribution in [2.45, 2.75) is 19.3 Å². The van der Waals surface area contributed by atoms with Crippen LogP contribution in [0.15, 0.2) is 28.7 Å². The average Bonchev–Trinajstić information content (AvgIpc) is 2.67. The molecule has 1 unspecified atom stereocenters. The number of hydrogen-bond donors (Lipinski definition) is 1. The molecule has 0 saturated carbocycles. The van der Waals surface area contributed by atoms with E-state index in [1.807, 2.05) is 0 Å². The molecule has 76 valence electrons. The second kappa shape index (κ2) is 4.94. The maximum atomic E-state index is 3.50. The molecule has 0 bridgehead atoms. The van der Waals surface area contributed by atoms with E-state index in [-0.39, 0.29) is 0 Å². The lowest BCUT2D eigenvalue weighted by Crippen LogP contribution is -2.09. The van der Waals surface area contributed by atoms with Gasteiger partial charge in [-0.2, -0.15) is 0 Å². The molecule has 2 rings (SSSR count). The van der Waals surface area contributed by atoms with E-state index < -0.39 is 0 Å². The van der Waals surface area contributed by atoms with Crippen molar-refractivity contribution in [2.24, 2.45) is 5.92 Å². The molecule has 1 fully saturated rings. The molecule has 1 aliphatic heterocycles. The van der Waals surface area contributed by atoms with Crippen molar-refractivity contribution in [1.82, 2.24) is 5.32 Å². The molecule has 1 N–H and O–H groups in total. The Balaban J connectivity index is 1.85. The highest BCUT2D eigenvalue weighted by atomic mass is 79.9. The lowest BCUT2D eigenvalue weighted by Gasteiger charge is -2.07. The molecule has 0 aliphatic carbocycles. The van der Waals surface area contributed by atoms with Gasteiger partial charge in [0.2, 0.25) is 0 Å². The Labute approximate surface area is 94.0 Å². The second-order valence-corrected chi connectivity index (χ2v) is 4.94. The summed E-state index contributed by atoms with van der Waals surface area (Å²) >= 11 is 3.50. The molecule has 2 heteroatoms. The van der Waals surface area contributed by atoms with E-state index in [4.69, 9.17) is 0 Å². The molecule has 14 heavy (non-hydrogen) atoms. The molecule has 1 heterocycles. The minimum Gasteiger partial charge on any atom is -0.316 e. The topological polar surface area (TPSA) is 12.0 Å². The Morgan fingerprint density at radius 3 is 3.07 bits per heavy atom. The van der Waals surface area contributed by atoms with E-state index in [1.54, 1.807) is 0 Å². The molecule has 1 aromatic carbocycles. The first kappa shape index (κ1) is 10.2. The summed E-state index contributed by atoms with van der Waals surface area (Å²) in [5.74, 6) is 0.897. The molecule has 0 amide bonds. The third kappa shape index (κ3) is 2.82. The van der Waals surface area contributed by atoms with Gasteiger partial charge in [0.15, 0.2) is 0 Å². The average molecular weight is 254 g/mol. The van der Waals surface area contributed by atoms with Crippen LogP contribution >= 0.6 is 15.9 Å². The monoisotopic (exact) mass is 253 g/mol. The Morgan fingerprint density at radius 2 is 2.36 bits per heavy atom. The number of aryl methyl sites for hydroxylation is 1. The van der Waals surface area contributed by atoms with Gasteiger partial charge in [-0.3, -0.25) is 0 Å². The number of benzene rings is 1. The van der Waals surface area contributed by atoms with E-state index in [0.29, 0.717) is 0 Å². The van der Waals surface area contributed by atoms with Crippen molar-refractivity contribution >= 4 is 15.9 Å². The predicted octanol–water partition coefficient (Wildman–Crippen LogP) is 2.99. The van der Waals surface area contributed by atoms with Crippen molar-refractivity contribution < 1.29 is 0 Å². The zero-order valence-electron chi connectivity index (χ0n) is 8.30. The van der Waals surface area contributed by atoms with Crippen LogP contribution in [0.1, 0.15) is 18.4 Å². The minimum atomic E-state index is 0.897. The smallest absolute Gasteiger partial charge is 0.0177 e. The zero-order chi connectivity index (χ0) is 9.80. The highest BCUT2D eigenvalue weighted by molar-refractivity contribution is 9.10. The van der Waals surface area contributed by atoms with E-state index in [1.165, 1.54) is 42.4 Å². The first-order valence-electron chi connectivity index (χ1n) is 5.30. The van der Waals surface area contributed by atoms with E-state index in [2.05, 4.69) is 45.5 Å². The first-order chi connectivity index (χ1) is 6.84. The molecule has 1 aliphatic rings. The Bertz CT molecular complexity index is 292. The molecule has 0 spiro atoms.